The normalized spacial score (nSPS) is 17.7. The van der Waals surface area contributed by atoms with Gasteiger partial charge in [-0.3, -0.25) is 4.79 Å². The zero-order chi connectivity index (χ0) is 11.2. The molecule has 1 aromatic carbocycles. The summed E-state index contributed by atoms with van der Waals surface area (Å²) in [5.74, 6) is -2.13. The van der Waals surface area contributed by atoms with Gasteiger partial charge >= 0.3 is 0 Å². The molecule has 0 spiro atoms. The Balaban J connectivity index is 2.55. The second-order valence-corrected chi connectivity index (χ2v) is 3.83. The smallest absolute Gasteiger partial charge is 0.268 e. The van der Waals surface area contributed by atoms with Crippen LogP contribution in [0.4, 0.5) is 14.5 Å². The molecule has 80 valence electrons. The van der Waals surface area contributed by atoms with Gasteiger partial charge in [0, 0.05) is 12.1 Å². The second kappa shape index (κ2) is 2.92. The van der Waals surface area contributed by atoms with Gasteiger partial charge in [0.25, 0.3) is 5.91 Å². The lowest BCUT2D eigenvalue weighted by molar-refractivity contribution is -0.129. The summed E-state index contributed by atoms with van der Waals surface area (Å²) in [5.41, 5.74) is -1.12. The molecule has 1 aromatic rings. The van der Waals surface area contributed by atoms with Crippen LogP contribution in [0.1, 0.15) is 13.8 Å². The molecule has 0 atom stereocenters. The van der Waals surface area contributed by atoms with E-state index in [0.29, 0.717) is 6.07 Å². The van der Waals surface area contributed by atoms with Crippen molar-refractivity contribution in [1.29, 1.82) is 0 Å². The van der Waals surface area contributed by atoms with Crippen LogP contribution < -0.4 is 10.1 Å². The first-order chi connectivity index (χ1) is 6.90. The van der Waals surface area contributed by atoms with E-state index in [1.807, 2.05) is 0 Å². The summed E-state index contributed by atoms with van der Waals surface area (Å²) >= 11 is 0. The molecule has 0 unspecified atom stereocenters. The van der Waals surface area contributed by atoms with E-state index in [9.17, 15) is 13.6 Å². The third-order valence-corrected chi connectivity index (χ3v) is 2.16. The monoisotopic (exact) mass is 213 g/mol. The van der Waals surface area contributed by atoms with Gasteiger partial charge in [-0.2, -0.15) is 0 Å². The van der Waals surface area contributed by atoms with Crippen molar-refractivity contribution in [2.45, 2.75) is 19.4 Å². The Bertz CT molecular complexity index is 443. The molecule has 0 radical (unpaired) electrons. The van der Waals surface area contributed by atoms with Crippen LogP contribution in [0.15, 0.2) is 12.1 Å². The van der Waals surface area contributed by atoms with E-state index < -0.39 is 23.1 Å². The number of halogens is 2. The summed E-state index contributed by atoms with van der Waals surface area (Å²) in [6, 6.07) is 1.73. The Morgan fingerprint density at radius 2 is 2.00 bits per heavy atom. The summed E-state index contributed by atoms with van der Waals surface area (Å²) in [4.78, 5) is 11.4. The van der Waals surface area contributed by atoms with Crippen molar-refractivity contribution < 1.29 is 18.3 Å². The van der Waals surface area contributed by atoms with Crippen molar-refractivity contribution in [2.24, 2.45) is 0 Å². The molecule has 0 aliphatic carbocycles. The Labute approximate surface area is 85.0 Å². The molecule has 1 N–H and O–H groups in total. The number of fused-ring (bicyclic) bond motifs is 1. The van der Waals surface area contributed by atoms with Gasteiger partial charge in [-0.15, -0.1) is 0 Å². The van der Waals surface area contributed by atoms with Crippen molar-refractivity contribution in [3.63, 3.8) is 0 Å². The maximum absolute atomic E-state index is 13.3. The molecular weight excluding hydrogens is 204 g/mol. The van der Waals surface area contributed by atoms with Crippen LogP contribution in [-0.4, -0.2) is 11.5 Å². The molecule has 0 bridgehead atoms. The largest absolute Gasteiger partial charge is 0.473 e. The Hall–Kier alpha value is -1.65. The van der Waals surface area contributed by atoms with E-state index in [0.717, 1.165) is 6.07 Å². The molecule has 15 heavy (non-hydrogen) atoms. The molecule has 0 fully saturated rings. The van der Waals surface area contributed by atoms with Crippen LogP contribution in [0.5, 0.6) is 5.75 Å². The third-order valence-electron chi connectivity index (χ3n) is 2.16. The number of carbonyl (C=O) groups is 1. The topological polar surface area (TPSA) is 38.3 Å². The first-order valence-corrected chi connectivity index (χ1v) is 4.40. The molecule has 5 heteroatoms. The lowest BCUT2D eigenvalue weighted by Crippen LogP contribution is -2.46. The lowest BCUT2D eigenvalue weighted by atomic mass is 10.1. The van der Waals surface area contributed by atoms with E-state index in [1.54, 1.807) is 0 Å². The molecule has 2 rings (SSSR count). The average molecular weight is 213 g/mol. The van der Waals surface area contributed by atoms with E-state index in [1.165, 1.54) is 13.8 Å². The molecule has 3 nitrogen and oxygen atoms in total. The Morgan fingerprint density at radius 3 is 2.67 bits per heavy atom. The molecule has 0 aromatic heterocycles. The molecular formula is C10H9F2NO2. The summed E-state index contributed by atoms with van der Waals surface area (Å²) in [6.45, 7) is 3.02. The number of benzene rings is 1. The molecule has 0 saturated carbocycles. The Kier molecular flexibility index (Phi) is 1.92. The Morgan fingerprint density at radius 1 is 1.33 bits per heavy atom. The van der Waals surface area contributed by atoms with Gasteiger partial charge in [-0.05, 0) is 13.8 Å². The van der Waals surface area contributed by atoms with Gasteiger partial charge < -0.3 is 10.1 Å². The van der Waals surface area contributed by atoms with Crippen LogP contribution in [0.2, 0.25) is 0 Å². The number of hydrogen-bond acceptors (Lipinski definition) is 2. The lowest BCUT2D eigenvalue weighted by Gasteiger charge is -2.31. The van der Waals surface area contributed by atoms with Crippen LogP contribution in [0, 0.1) is 11.6 Å². The predicted octanol–water partition coefficient (Wildman–Crippen LogP) is 2.07. The molecule has 1 amide bonds. The third kappa shape index (κ3) is 1.54. The highest BCUT2D eigenvalue weighted by molar-refractivity contribution is 6.00. The number of hydrogen-bond donors (Lipinski definition) is 1. The van der Waals surface area contributed by atoms with Gasteiger partial charge in [-0.1, -0.05) is 0 Å². The van der Waals surface area contributed by atoms with E-state index in [-0.39, 0.29) is 11.4 Å². The average Bonchev–Trinajstić information content (AvgIpc) is 2.09. The number of anilines is 1. The minimum atomic E-state index is -1.15. The van der Waals surface area contributed by atoms with Crippen molar-refractivity contribution in [1.82, 2.24) is 0 Å². The molecule has 1 aliphatic heterocycles. The van der Waals surface area contributed by atoms with Gasteiger partial charge in [0.05, 0.1) is 5.69 Å². The van der Waals surface area contributed by atoms with Crippen LogP contribution in [0.3, 0.4) is 0 Å². The zero-order valence-electron chi connectivity index (χ0n) is 8.23. The van der Waals surface area contributed by atoms with Gasteiger partial charge in [0.2, 0.25) is 0 Å². The summed E-state index contributed by atoms with van der Waals surface area (Å²) in [7, 11) is 0. The number of amides is 1. The van der Waals surface area contributed by atoms with E-state index >= 15 is 0 Å². The fourth-order valence-corrected chi connectivity index (χ4v) is 1.33. The van der Waals surface area contributed by atoms with Crippen LogP contribution in [-0.2, 0) is 4.79 Å². The second-order valence-electron chi connectivity index (χ2n) is 3.83. The van der Waals surface area contributed by atoms with Gasteiger partial charge in [0.15, 0.2) is 17.2 Å². The number of ether oxygens (including phenoxy) is 1. The van der Waals surface area contributed by atoms with E-state index in [4.69, 9.17) is 4.74 Å². The van der Waals surface area contributed by atoms with Crippen molar-refractivity contribution in [3.05, 3.63) is 23.8 Å². The molecule has 1 aliphatic rings. The van der Waals surface area contributed by atoms with E-state index in [2.05, 4.69) is 5.32 Å². The number of nitrogens with one attached hydrogen (secondary N) is 1. The summed E-state index contributed by atoms with van der Waals surface area (Å²) in [6.07, 6.45) is 0. The predicted molar refractivity (Wildman–Crippen MR) is 49.7 cm³/mol. The highest BCUT2D eigenvalue weighted by Crippen LogP contribution is 2.36. The minimum Gasteiger partial charge on any atom is -0.473 e. The standard InChI is InChI=1S/C10H9F2NO2/c1-10(2)9(14)13-7-4-5(11)3-6(12)8(7)15-10/h3-4H,1-2H3,(H,13,14). The zero-order valence-corrected chi connectivity index (χ0v) is 8.23. The highest BCUT2D eigenvalue weighted by Gasteiger charge is 2.37. The van der Waals surface area contributed by atoms with Gasteiger partial charge in [-0.25, -0.2) is 8.78 Å². The number of rotatable bonds is 0. The van der Waals surface area contributed by atoms with Crippen molar-refractivity contribution >= 4 is 11.6 Å². The summed E-state index contributed by atoms with van der Waals surface area (Å²) in [5, 5.41) is 2.39. The fraction of sp³-hybridized carbons (Fsp3) is 0.300. The molecule has 1 heterocycles. The molecule has 0 saturated heterocycles. The van der Waals surface area contributed by atoms with Crippen LogP contribution in [0.25, 0.3) is 0 Å². The quantitative estimate of drug-likeness (QED) is 0.716. The fourth-order valence-electron chi connectivity index (χ4n) is 1.33. The minimum absolute atomic E-state index is 0.0248. The first-order valence-electron chi connectivity index (χ1n) is 4.40. The maximum Gasteiger partial charge on any atom is 0.268 e. The van der Waals surface area contributed by atoms with Crippen LogP contribution >= 0.6 is 0 Å². The SMILES string of the molecule is CC1(C)Oc2c(F)cc(F)cc2NC1=O. The van der Waals surface area contributed by atoms with Crippen molar-refractivity contribution in [2.75, 3.05) is 5.32 Å². The highest BCUT2D eigenvalue weighted by atomic mass is 19.1. The summed E-state index contributed by atoms with van der Waals surface area (Å²) < 4.78 is 31.3. The van der Waals surface area contributed by atoms with Crippen molar-refractivity contribution in [3.8, 4) is 5.75 Å². The van der Waals surface area contributed by atoms with Gasteiger partial charge in [0.1, 0.15) is 5.82 Å². The maximum atomic E-state index is 13.3. The first kappa shape index (κ1) is 9.89. The number of carbonyl (C=O) groups excluding carboxylic acids is 1.